The van der Waals surface area contributed by atoms with Gasteiger partial charge in [-0.05, 0) is 31.0 Å². The topological polar surface area (TPSA) is 92.2 Å². The zero-order valence-electron chi connectivity index (χ0n) is 14.1. The van der Waals surface area contributed by atoms with Gasteiger partial charge in [0.05, 0.1) is 25.3 Å². The van der Waals surface area contributed by atoms with Crippen molar-refractivity contribution in [3.05, 3.63) is 47.5 Å². The van der Waals surface area contributed by atoms with Crippen molar-refractivity contribution >= 4 is 17.6 Å². The summed E-state index contributed by atoms with van der Waals surface area (Å²) < 4.78 is 9.71. The van der Waals surface area contributed by atoms with Gasteiger partial charge in [0, 0.05) is 13.6 Å². The molecule has 0 aliphatic carbocycles. The number of rotatable bonds is 8. The van der Waals surface area contributed by atoms with E-state index in [0.717, 1.165) is 20.0 Å². The predicted octanol–water partition coefficient (Wildman–Crippen LogP) is 1.93. The van der Waals surface area contributed by atoms with Crippen LogP contribution in [0.1, 0.15) is 28.8 Å². The predicted molar refractivity (Wildman–Crippen MR) is 89.1 cm³/mol. The first-order valence-corrected chi connectivity index (χ1v) is 7.35. The van der Waals surface area contributed by atoms with Gasteiger partial charge < -0.3 is 19.9 Å². The number of hydrogen-bond acceptors (Lipinski definition) is 4. The van der Waals surface area contributed by atoms with E-state index in [0.29, 0.717) is 12.3 Å². The van der Waals surface area contributed by atoms with Crippen molar-refractivity contribution in [3.63, 3.8) is 0 Å². The fourth-order valence-corrected chi connectivity index (χ4v) is 2.11. The highest BCUT2D eigenvalue weighted by Crippen LogP contribution is 2.20. The number of amides is 1. The Labute approximate surface area is 141 Å². The molecule has 0 saturated heterocycles. The molecule has 128 valence electrons. The molecule has 0 aliphatic rings. The molecule has 0 spiro atoms. The second kappa shape index (κ2) is 9.27. The van der Waals surface area contributed by atoms with E-state index >= 15 is 0 Å². The lowest BCUT2D eigenvalue weighted by Crippen LogP contribution is -2.30. The quantitative estimate of drug-likeness (QED) is 0.182. The van der Waals surface area contributed by atoms with Crippen LogP contribution < -0.4 is 4.74 Å². The summed E-state index contributed by atoms with van der Waals surface area (Å²) in [5, 5.41) is 0. The summed E-state index contributed by atoms with van der Waals surface area (Å²) in [6.45, 7) is 4.17. The first-order valence-electron chi connectivity index (χ1n) is 7.35. The molecule has 0 aromatic heterocycles. The van der Waals surface area contributed by atoms with E-state index < -0.39 is 5.97 Å². The molecule has 7 heteroatoms. The van der Waals surface area contributed by atoms with E-state index in [-0.39, 0.29) is 22.7 Å². The summed E-state index contributed by atoms with van der Waals surface area (Å²) in [6, 6.07) is 4.58. The van der Waals surface area contributed by atoms with Gasteiger partial charge in [-0.2, -0.15) is 4.79 Å². The number of esters is 1. The van der Waals surface area contributed by atoms with Gasteiger partial charge in [0.15, 0.2) is 0 Å². The normalized spacial score (nSPS) is 9.62. The third kappa shape index (κ3) is 4.54. The molecule has 0 radical (unpaired) electrons. The average Bonchev–Trinajstić information content (AvgIpc) is 2.61. The van der Waals surface area contributed by atoms with E-state index in [2.05, 4.69) is 16.1 Å². The molecule has 1 rings (SSSR count). The summed E-state index contributed by atoms with van der Waals surface area (Å²) in [4.78, 5) is 29.0. The lowest BCUT2D eigenvalue weighted by molar-refractivity contribution is -0.137. The van der Waals surface area contributed by atoms with Crippen LogP contribution in [-0.4, -0.2) is 55.1 Å². The largest absolute Gasteiger partial charge is 0.497 e. The van der Waals surface area contributed by atoms with Gasteiger partial charge >= 0.3 is 11.7 Å². The highest BCUT2D eigenvalue weighted by atomic mass is 16.5. The molecule has 0 N–H and O–H groups in total. The maximum atomic E-state index is 12.7. The summed E-state index contributed by atoms with van der Waals surface area (Å²) in [6.07, 6.45) is 3.35. The van der Waals surface area contributed by atoms with Crippen molar-refractivity contribution < 1.29 is 23.9 Å². The van der Waals surface area contributed by atoms with Crippen molar-refractivity contribution in [3.8, 4) is 5.75 Å². The van der Waals surface area contributed by atoms with Crippen molar-refractivity contribution in [2.45, 2.75) is 12.8 Å². The van der Waals surface area contributed by atoms with Crippen LogP contribution in [-0.2, 0) is 9.53 Å². The van der Waals surface area contributed by atoms with Gasteiger partial charge in [-0.15, -0.1) is 6.58 Å². The molecular formula is C17H21N3O4. The molecule has 24 heavy (non-hydrogen) atoms. The number of carbonyl (C=O) groups excluding carboxylic acids is 2. The number of benzene rings is 1. The number of hydrogen-bond donors (Lipinski definition) is 0. The first kappa shape index (κ1) is 19.1. The average molecular weight is 331 g/mol. The summed E-state index contributed by atoms with van der Waals surface area (Å²) in [7, 11) is 4.28. The standard InChI is InChI=1S/C17H21N3O4/c1-5-6-7-10-20(2)16(21)13-9-8-12(23-3)11-14(13)15(19-18)17(22)24-4/h5,8-9,11H,1,6-7,10H2,2-4H3. The highest BCUT2D eigenvalue weighted by Gasteiger charge is 2.30. The first-order chi connectivity index (χ1) is 11.5. The Balaban J connectivity index is 3.27. The van der Waals surface area contributed by atoms with Crippen LogP contribution in [0, 0.1) is 0 Å². The number of unbranched alkanes of at least 4 members (excludes halogenated alkanes) is 1. The van der Waals surface area contributed by atoms with Gasteiger partial charge in [-0.25, -0.2) is 4.79 Å². The second-order valence-corrected chi connectivity index (χ2v) is 5.01. The summed E-state index contributed by atoms with van der Waals surface area (Å²) >= 11 is 0. The molecule has 0 saturated carbocycles. The fraction of sp³-hybridized carbons (Fsp3) is 0.353. The van der Waals surface area contributed by atoms with E-state index in [1.54, 1.807) is 19.2 Å². The summed E-state index contributed by atoms with van der Waals surface area (Å²) in [5.41, 5.74) is 9.17. The molecule has 0 atom stereocenters. The Morgan fingerprint density at radius 1 is 1.33 bits per heavy atom. The lowest BCUT2D eigenvalue weighted by atomic mass is 10.0. The minimum atomic E-state index is -0.853. The van der Waals surface area contributed by atoms with Crippen LogP contribution in [0.25, 0.3) is 5.53 Å². The molecule has 1 aromatic rings. The molecule has 0 heterocycles. The van der Waals surface area contributed by atoms with E-state index in [4.69, 9.17) is 4.74 Å². The molecule has 0 fully saturated rings. The minimum absolute atomic E-state index is 0.143. The van der Waals surface area contributed by atoms with Crippen LogP contribution >= 0.6 is 0 Å². The van der Waals surface area contributed by atoms with Crippen LogP contribution in [0.15, 0.2) is 30.9 Å². The molecule has 0 unspecified atom stereocenters. The van der Waals surface area contributed by atoms with Crippen LogP contribution in [0.2, 0.25) is 0 Å². The van der Waals surface area contributed by atoms with Gasteiger partial charge in [-0.1, -0.05) is 6.08 Å². The zero-order chi connectivity index (χ0) is 18.1. The van der Waals surface area contributed by atoms with Gasteiger partial charge in [0.2, 0.25) is 0 Å². The highest BCUT2D eigenvalue weighted by molar-refractivity contribution is 6.42. The third-order valence-electron chi connectivity index (χ3n) is 3.44. The Hall–Kier alpha value is -2.92. The van der Waals surface area contributed by atoms with Gasteiger partial charge in [0.1, 0.15) is 5.75 Å². The number of carbonyl (C=O) groups is 2. The number of nitrogens with zero attached hydrogens (tertiary/aromatic N) is 3. The molecular weight excluding hydrogens is 310 g/mol. The Bertz CT molecular complexity index is 678. The lowest BCUT2D eigenvalue weighted by Gasteiger charge is -2.18. The van der Waals surface area contributed by atoms with Crippen LogP contribution in [0.4, 0.5) is 0 Å². The van der Waals surface area contributed by atoms with Gasteiger partial charge in [0.25, 0.3) is 5.91 Å². The Kier molecular flexibility index (Phi) is 7.39. The molecule has 7 nitrogen and oxygen atoms in total. The van der Waals surface area contributed by atoms with Crippen molar-refractivity contribution in [2.75, 3.05) is 27.8 Å². The van der Waals surface area contributed by atoms with Crippen molar-refractivity contribution in [2.24, 2.45) is 0 Å². The fourth-order valence-electron chi connectivity index (χ4n) is 2.11. The number of methoxy groups -OCH3 is 2. The van der Waals surface area contributed by atoms with Gasteiger partial charge in [-0.3, -0.25) is 4.79 Å². The Morgan fingerprint density at radius 3 is 2.58 bits per heavy atom. The molecule has 0 aliphatic heterocycles. The smallest absolute Gasteiger partial charge is 0.422 e. The van der Waals surface area contributed by atoms with Crippen molar-refractivity contribution in [1.29, 1.82) is 0 Å². The monoisotopic (exact) mass is 331 g/mol. The van der Waals surface area contributed by atoms with Crippen LogP contribution in [0.5, 0.6) is 5.75 Å². The minimum Gasteiger partial charge on any atom is -0.497 e. The number of ether oxygens (including phenoxy) is 2. The van der Waals surface area contributed by atoms with Crippen LogP contribution in [0.3, 0.4) is 0 Å². The molecule has 0 bridgehead atoms. The molecule has 1 aromatic carbocycles. The van der Waals surface area contributed by atoms with E-state index in [1.165, 1.54) is 24.1 Å². The van der Waals surface area contributed by atoms with E-state index in [1.807, 2.05) is 0 Å². The third-order valence-corrected chi connectivity index (χ3v) is 3.44. The number of allylic oxidation sites excluding steroid dienone is 1. The SMILES string of the molecule is C=CCCCN(C)C(=O)c1ccc(OC)cc1C(=[N+]=[N-])C(=O)OC. The maximum Gasteiger partial charge on any atom is 0.422 e. The Morgan fingerprint density at radius 2 is 2.04 bits per heavy atom. The summed E-state index contributed by atoms with van der Waals surface area (Å²) in [5.74, 6) is -0.739. The van der Waals surface area contributed by atoms with Crippen molar-refractivity contribution in [1.82, 2.24) is 4.90 Å². The zero-order valence-corrected chi connectivity index (χ0v) is 14.1. The second-order valence-electron chi connectivity index (χ2n) is 5.01. The molecule has 1 amide bonds. The maximum absolute atomic E-state index is 12.7. The van der Waals surface area contributed by atoms with E-state index in [9.17, 15) is 15.1 Å².